The first-order valence-corrected chi connectivity index (χ1v) is 6.92. The Morgan fingerprint density at radius 1 is 1.00 bits per heavy atom. The Morgan fingerprint density at radius 3 is 2.41 bits per heavy atom. The van der Waals surface area contributed by atoms with Crippen LogP contribution >= 0.6 is 0 Å². The molecule has 0 spiro atoms. The number of ketones is 1. The normalized spacial score (nSPS) is 11.1. The molecular formula is C18H14N2O2. The first-order valence-electron chi connectivity index (χ1n) is 6.92. The smallest absolute Gasteiger partial charge is 0.256 e. The number of nitrogens with zero attached hydrogens (tertiary/aromatic N) is 2. The Hall–Kier alpha value is -3.01. The summed E-state index contributed by atoms with van der Waals surface area (Å²) in [6.45, 7) is 1.41. The molecule has 0 saturated heterocycles. The fourth-order valence-electron chi connectivity index (χ4n) is 2.29. The van der Waals surface area contributed by atoms with Crippen molar-refractivity contribution in [2.45, 2.75) is 6.92 Å². The van der Waals surface area contributed by atoms with Gasteiger partial charge >= 0.3 is 0 Å². The van der Waals surface area contributed by atoms with Crippen LogP contribution in [-0.4, -0.2) is 21.2 Å². The van der Waals surface area contributed by atoms with E-state index in [4.69, 9.17) is 0 Å². The summed E-state index contributed by atoms with van der Waals surface area (Å²) in [5.41, 5.74) is 2.19. The van der Waals surface area contributed by atoms with E-state index in [1.165, 1.54) is 17.6 Å². The van der Waals surface area contributed by atoms with E-state index in [1.54, 1.807) is 18.2 Å². The summed E-state index contributed by atoms with van der Waals surface area (Å²) >= 11 is 0. The number of carbonyl (C=O) groups is 2. The van der Waals surface area contributed by atoms with E-state index in [1.807, 2.05) is 42.5 Å². The van der Waals surface area contributed by atoms with Crippen LogP contribution < -0.4 is 0 Å². The lowest BCUT2D eigenvalue weighted by Gasteiger charge is -2.02. The lowest BCUT2D eigenvalue weighted by Crippen LogP contribution is -2.14. The summed E-state index contributed by atoms with van der Waals surface area (Å²) in [5, 5.41) is 0. The van der Waals surface area contributed by atoms with E-state index in [-0.39, 0.29) is 17.5 Å². The molecule has 4 nitrogen and oxygen atoms in total. The highest BCUT2D eigenvalue weighted by Gasteiger charge is 2.17. The van der Waals surface area contributed by atoms with Gasteiger partial charge in [-0.25, -0.2) is 4.98 Å². The molecule has 0 bridgehead atoms. The summed E-state index contributed by atoms with van der Waals surface area (Å²) in [7, 11) is 0. The fraction of sp³-hybridized carbons (Fsp3) is 0.0556. The van der Waals surface area contributed by atoms with Crippen LogP contribution in [0.4, 0.5) is 0 Å². The SMILES string of the molecule is CC(=O)c1nc2ccccc2n1C(=O)/C=C/c1ccccc1. The second-order valence-corrected chi connectivity index (χ2v) is 4.90. The van der Waals surface area contributed by atoms with Crippen molar-refractivity contribution in [1.82, 2.24) is 9.55 Å². The number of hydrogen-bond acceptors (Lipinski definition) is 3. The summed E-state index contributed by atoms with van der Waals surface area (Å²) in [5.74, 6) is -0.371. The molecule has 0 radical (unpaired) electrons. The van der Waals surface area contributed by atoms with Gasteiger partial charge in [0.05, 0.1) is 11.0 Å². The van der Waals surface area contributed by atoms with Gasteiger partial charge in [-0.15, -0.1) is 0 Å². The number of rotatable bonds is 3. The number of Topliss-reactive ketones (excluding diaryl/α,β-unsaturated/α-hetero) is 1. The van der Waals surface area contributed by atoms with E-state index in [0.717, 1.165) is 5.56 Å². The maximum Gasteiger partial charge on any atom is 0.256 e. The van der Waals surface area contributed by atoms with E-state index < -0.39 is 0 Å². The van der Waals surface area contributed by atoms with Crippen LogP contribution in [0.15, 0.2) is 60.7 Å². The molecule has 0 atom stereocenters. The van der Waals surface area contributed by atoms with Gasteiger partial charge in [0.15, 0.2) is 11.6 Å². The van der Waals surface area contributed by atoms with Gasteiger partial charge in [0.2, 0.25) is 0 Å². The highest BCUT2D eigenvalue weighted by atomic mass is 16.2. The topological polar surface area (TPSA) is 52.0 Å². The highest BCUT2D eigenvalue weighted by Crippen LogP contribution is 2.17. The van der Waals surface area contributed by atoms with Crippen LogP contribution in [0, 0.1) is 0 Å². The third-order valence-corrected chi connectivity index (χ3v) is 3.31. The molecule has 0 aliphatic heterocycles. The molecule has 0 unspecified atom stereocenters. The highest BCUT2D eigenvalue weighted by molar-refractivity contribution is 6.05. The number of fused-ring (bicyclic) bond motifs is 1. The molecule has 0 amide bonds. The number of aromatic nitrogens is 2. The second kappa shape index (κ2) is 5.77. The summed E-state index contributed by atoms with van der Waals surface area (Å²) in [6.07, 6.45) is 3.18. The monoisotopic (exact) mass is 290 g/mol. The fourth-order valence-corrected chi connectivity index (χ4v) is 2.29. The van der Waals surface area contributed by atoms with Gasteiger partial charge in [-0.05, 0) is 23.8 Å². The van der Waals surface area contributed by atoms with Crippen molar-refractivity contribution < 1.29 is 9.59 Å². The first-order chi connectivity index (χ1) is 10.7. The molecule has 0 saturated carbocycles. The van der Waals surface area contributed by atoms with Crippen LogP contribution in [0.1, 0.15) is 27.9 Å². The van der Waals surface area contributed by atoms with Crippen molar-refractivity contribution in [3.05, 3.63) is 72.1 Å². The predicted molar refractivity (Wildman–Crippen MR) is 85.8 cm³/mol. The zero-order valence-electron chi connectivity index (χ0n) is 12.1. The van der Waals surface area contributed by atoms with Gasteiger partial charge in [-0.1, -0.05) is 42.5 Å². The van der Waals surface area contributed by atoms with Gasteiger partial charge in [-0.2, -0.15) is 0 Å². The van der Waals surface area contributed by atoms with Crippen molar-refractivity contribution in [3.63, 3.8) is 0 Å². The minimum absolute atomic E-state index is 0.156. The molecule has 4 heteroatoms. The number of allylic oxidation sites excluding steroid dienone is 1. The van der Waals surface area contributed by atoms with Crippen LogP contribution in [0.5, 0.6) is 0 Å². The molecule has 2 aromatic carbocycles. The maximum absolute atomic E-state index is 12.5. The molecule has 0 aliphatic carbocycles. The number of carbonyl (C=O) groups excluding carboxylic acids is 2. The van der Waals surface area contributed by atoms with Crippen molar-refractivity contribution in [1.29, 1.82) is 0 Å². The average Bonchev–Trinajstić information content (AvgIpc) is 2.93. The van der Waals surface area contributed by atoms with Gasteiger partial charge in [-0.3, -0.25) is 14.2 Å². The van der Waals surface area contributed by atoms with Crippen LogP contribution in [0.25, 0.3) is 17.1 Å². The minimum Gasteiger partial charge on any atom is -0.291 e. The molecule has 0 fully saturated rings. The van der Waals surface area contributed by atoms with Gasteiger partial charge in [0.1, 0.15) is 0 Å². The van der Waals surface area contributed by atoms with E-state index in [2.05, 4.69) is 4.98 Å². The summed E-state index contributed by atoms with van der Waals surface area (Å²) < 4.78 is 1.36. The molecule has 1 aromatic heterocycles. The Balaban J connectivity index is 2.05. The molecule has 3 rings (SSSR count). The average molecular weight is 290 g/mol. The largest absolute Gasteiger partial charge is 0.291 e. The molecule has 3 aromatic rings. The Kier molecular flexibility index (Phi) is 3.66. The van der Waals surface area contributed by atoms with Crippen molar-refractivity contribution >= 4 is 28.8 Å². The molecule has 22 heavy (non-hydrogen) atoms. The second-order valence-electron chi connectivity index (χ2n) is 4.90. The number of imidazole rings is 1. The number of para-hydroxylation sites is 2. The summed E-state index contributed by atoms with van der Waals surface area (Å²) in [6, 6.07) is 16.7. The molecule has 1 heterocycles. The molecular weight excluding hydrogens is 276 g/mol. The van der Waals surface area contributed by atoms with Gasteiger partial charge in [0, 0.05) is 13.0 Å². The lowest BCUT2D eigenvalue weighted by atomic mass is 10.2. The first kappa shape index (κ1) is 13.9. The maximum atomic E-state index is 12.5. The third-order valence-electron chi connectivity index (χ3n) is 3.31. The van der Waals surface area contributed by atoms with E-state index in [9.17, 15) is 9.59 Å². The molecule has 108 valence electrons. The van der Waals surface area contributed by atoms with Crippen LogP contribution in [-0.2, 0) is 0 Å². The van der Waals surface area contributed by atoms with Gasteiger partial charge in [0.25, 0.3) is 5.91 Å². The van der Waals surface area contributed by atoms with E-state index >= 15 is 0 Å². The summed E-state index contributed by atoms with van der Waals surface area (Å²) in [4.78, 5) is 28.5. The standard InChI is InChI=1S/C18H14N2O2/c1-13(21)18-19-15-9-5-6-10-16(15)20(18)17(22)12-11-14-7-3-2-4-8-14/h2-12H,1H3/b12-11+. The zero-order valence-corrected chi connectivity index (χ0v) is 12.1. The third kappa shape index (κ3) is 2.59. The van der Waals surface area contributed by atoms with Crippen molar-refractivity contribution in [2.24, 2.45) is 0 Å². The number of benzene rings is 2. The molecule has 0 N–H and O–H groups in total. The quantitative estimate of drug-likeness (QED) is 0.547. The Morgan fingerprint density at radius 2 is 1.68 bits per heavy atom. The Labute approximate surface area is 127 Å². The van der Waals surface area contributed by atoms with E-state index in [0.29, 0.717) is 11.0 Å². The lowest BCUT2D eigenvalue weighted by molar-refractivity contribution is 0.0935. The van der Waals surface area contributed by atoms with Crippen LogP contribution in [0.3, 0.4) is 0 Å². The van der Waals surface area contributed by atoms with Gasteiger partial charge < -0.3 is 0 Å². The number of hydrogen-bond donors (Lipinski definition) is 0. The van der Waals surface area contributed by atoms with Crippen molar-refractivity contribution in [3.8, 4) is 0 Å². The zero-order chi connectivity index (χ0) is 15.5. The minimum atomic E-state index is -0.289. The van der Waals surface area contributed by atoms with Crippen LogP contribution in [0.2, 0.25) is 0 Å². The Bertz CT molecular complexity index is 876. The van der Waals surface area contributed by atoms with Crippen molar-refractivity contribution in [2.75, 3.05) is 0 Å². The molecule has 0 aliphatic rings. The predicted octanol–water partition coefficient (Wildman–Crippen LogP) is 3.59.